The van der Waals surface area contributed by atoms with E-state index >= 15 is 0 Å². The van der Waals surface area contributed by atoms with Gasteiger partial charge >= 0.3 is 0 Å². The molecule has 0 unspecified atom stereocenters. The van der Waals surface area contributed by atoms with Gasteiger partial charge in [0.15, 0.2) is 0 Å². The maximum absolute atomic E-state index is 12.7. The number of hydrogen-bond donors (Lipinski definition) is 2. The first kappa shape index (κ1) is 26.2. The summed E-state index contributed by atoms with van der Waals surface area (Å²) in [6.45, 7) is 8.85. The summed E-state index contributed by atoms with van der Waals surface area (Å²) in [6, 6.07) is 6.62. The molecule has 0 atom stereocenters. The molecule has 6 nitrogen and oxygen atoms in total. The average molecular weight is 486 g/mol. The molecule has 1 aromatic heterocycles. The van der Waals surface area contributed by atoms with Crippen LogP contribution in [0.15, 0.2) is 23.6 Å². The number of benzene rings is 1. The molecule has 186 valence electrons. The third-order valence-electron chi connectivity index (χ3n) is 6.36. The van der Waals surface area contributed by atoms with Crippen molar-refractivity contribution in [2.75, 3.05) is 0 Å². The average Bonchev–Trinajstić information content (AvgIpc) is 3.28. The van der Waals surface area contributed by atoms with Crippen molar-refractivity contribution < 1.29 is 14.3 Å². The highest BCUT2D eigenvalue weighted by atomic mass is 32.1. The Morgan fingerprint density at radius 2 is 1.82 bits per heavy atom. The van der Waals surface area contributed by atoms with Crippen LogP contribution in [-0.4, -0.2) is 28.9 Å². The van der Waals surface area contributed by atoms with Gasteiger partial charge in [0.25, 0.3) is 5.91 Å². The first-order valence-electron chi connectivity index (χ1n) is 12.6. The van der Waals surface area contributed by atoms with Crippen molar-refractivity contribution in [3.8, 4) is 5.75 Å². The lowest BCUT2D eigenvalue weighted by Crippen LogP contribution is -2.43. The maximum Gasteiger partial charge on any atom is 0.270 e. The third kappa shape index (κ3) is 7.83. The van der Waals surface area contributed by atoms with E-state index in [1.807, 2.05) is 0 Å². The van der Waals surface area contributed by atoms with Crippen LogP contribution in [0.25, 0.3) is 0 Å². The van der Waals surface area contributed by atoms with Crippen molar-refractivity contribution >= 4 is 23.2 Å². The van der Waals surface area contributed by atoms with Crippen molar-refractivity contribution in [3.63, 3.8) is 0 Å². The van der Waals surface area contributed by atoms with Crippen molar-refractivity contribution in [2.45, 2.75) is 104 Å². The smallest absolute Gasteiger partial charge is 0.270 e. The number of unbranched alkanes of at least 4 members (excludes halogenated alkanes) is 2. The first-order chi connectivity index (χ1) is 16.4. The minimum absolute atomic E-state index is 0.128. The monoisotopic (exact) mass is 485 g/mol. The van der Waals surface area contributed by atoms with Gasteiger partial charge in [-0.05, 0) is 62.1 Å². The van der Waals surface area contributed by atoms with Crippen LogP contribution in [0.2, 0.25) is 0 Å². The van der Waals surface area contributed by atoms with Crippen LogP contribution in [0.3, 0.4) is 0 Å². The molecule has 2 aromatic rings. The summed E-state index contributed by atoms with van der Waals surface area (Å²) in [5.74, 6) is 1.28. The first-order valence-corrected chi connectivity index (χ1v) is 13.5. The topological polar surface area (TPSA) is 80.3 Å². The summed E-state index contributed by atoms with van der Waals surface area (Å²) < 4.78 is 6.06. The van der Waals surface area contributed by atoms with Crippen LogP contribution >= 0.6 is 11.3 Å². The Morgan fingerprint density at radius 3 is 2.50 bits per heavy atom. The molecule has 1 aliphatic carbocycles. The summed E-state index contributed by atoms with van der Waals surface area (Å²) in [5.41, 5.74) is 2.78. The second kappa shape index (κ2) is 12.9. The number of nitrogens with zero attached hydrogens (tertiary/aromatic N) is 1. The Labute approximate surface area is 207 Å². The van der Waals surface area contributed by atoms with Crippen LogP contribution in [0.1, 0.15) is 105 Å². The van der Waals surface area contributed by atoms with E-state index in [1.165, 1.54) is 16.9 Å². The van der Waals surface area contributed by atoms with Gasteiger partial charge in [-0.1, -0.05) is 45.7 Å². The van der Waals surface area contributed by atoms with E-state index in [9.17, 15) is 9.59 Å². The number of nitrogens with one attached hydrogen (secondary N) is 2. The quantitative estimate of drug-likeness (QED) is 0.389. The largest absolute Gasteiger partial charge is 0.486 e. The number of thiazole rings is 1. The highest BCUT2D eigenvalue weighted by molar-refractivity contribution is 7.09. The van der Waals surface area contributed by atoms with Gasteiger partial charge in [0.1, 0.15) is 23.1 Å². The molecule has 2 amide bonds. The molecule has 2 N–H and O–H groups in total. The molecule has 1 fully saturated rings. The Bertz CT molecular complexity index is 948. The standard InChI is InChI=1S/C27H39N3O3S/c1-5-6-7-8-25(31)28-20-10-12-21(13-11-20)29-27(32)23-17-34-26(30-23)16-33-24-15-19(4)9-14-22(24)18(2)3/h9,14-15,17-18,20-21H,5-8,10-13,16H2,1-4H3,(H,28,31)(H,29,32). The number of amides is 2. The molecule has 1 saturated carbocycles. The summed E-state index contributed by atoms with van der Waals surface area (Å²) in [7, 11) is 0. The summed E-state index contributed by atoms with van der Waals surface area (Å²) in [5, 5.41) is 8.86. The van der Waals surface area contributed by atoms with Gasteiger partial charge in [-0.15, -0.1) is 11.3 Å². The zero-order valence-electron chi connectivity index (χ0n) is 21.0. The molecule has 1 aromatic carbocycles. The molecule has 0 saturated heterocycles. The van der Waals surface area contributed by atoms with Gasteiger partial charge in [0.2, 0.25) is 5.91 Å². The van der Waals surface area contributed by atoms with Crippen LogP contribution in [0.4, 0.5) is 0 Å². The number of carbonyl (C=O) groups excluding carboxylic acids is 2. The molecule has 0 radical (unpaired) electrons. The molecule has 1 aliphatic rings. The van der Waals surface area contributed by atoms with E-state index in [4.69, 9.17) is 4.74 Å². The molecule has 3 rings (SSSR count). The fourth-order valence-electron chi connectivity index (χ4n) is 4.34. The molecule has 7 heteroatoms. The minimum Gasteiger partial charge on any atom is -0.486 e. The summed E-state index contributed by atoms with van der Waals surface area (Å²) in [4.78, 5) is 29.3. The predicted molar refractivity (Wildman–Crippen MR) is 138 cm³/mol. The molecular formula is C27H39N3O3S. The number of carbonyl (C=O) groups is 2. The Kier molecular flexibility index (Phi) is 9.93. The second-order valence-electron chi connectivity index (χ2n) is 9.66. The molecule has 0 spiro atoms. The third-order valence-corrected chi connectivity index (χ3v) is 7.18. The van der Waals surface area contributed by atoms with Crippen LogP contribution in [0.5, 0.6) is 5.75 Å². The predicted octanol–water partition coefficient (Wildman–Crippen LogP) is 5.89. The molecule has 0 bridgehead atoms. The van der Waals surface area contributed by atoms with Crippen molar-refractivity contribution in [1.29, 1.82) is 0 Å². The number of rotatable bonds is 11. The number of ether oxygens (including phenoxy) is 1. The van der Waals surface area contributed by atoms with E-state index in [-0.39, 0.29) is 23.9 Å². The van der Waals surface area contributed by atoms with E-state index in [1.54, 1.807) is 5.38 Å². The number of aryl methyl sites for hydroxylation is 1. The van der Waals surface area contributed by atoms with Gasteiger partial charge in [0, 0.05) is 23.9 Å². The highest BCUT2D eigenvalue weighted by Crippen LogP contribution is 2.28. The number of hydrogen-bond acceptors (Lipinski definition) is 5. The number of aromatic nitrogens is 1. The molecule has 0 aliphatic heterocycles. The second-order valence-corrected chi connectivity index (χ2v) is 10.6. The van der Waals surface area contributed by atoms with Crippen molar-refractivity contribution in [3.05, 3.63) is 45.4 Å². The lowest BCUT2D eigenvalue weighted by molar-refractivity contribution is -0.122. The molecule has 1 heterocycles. The van der Waals surface area contributed by atoms with Crippen LogP contribution < -0.4 is 15.4 Å². The van der Waals surface area contributed by atoms with E-state index in [0.717, 1.165) is 61.3 Å². The van der Waals surface area contributed by atoms with Crippen molar-refractivity contribution in [2.24, 2.45) is 0 Å². The van der Waals surface area contributed by atoms with Crippen LogP contribution in [0, 0.1) is 6.92 Å². The summed E-state index contributed by atoms with van der Waals surface area (Å²) in [6.07, 6.45) is 7.33. The summed E-state index contributed by atoms with van der Waals surface area (Å²) >= 11 is 1.45. The van der Waals surface area contributed by atoms with Crippen LogP contribution in [-0.2, 0) is 11.4 Å². The lowest BCUT2D eigenvalue weighted by atomic mass is 9.91. The van der Waals surface area contributed by atoms with E-state index in [0.29, 0.717) is 24.6 Å². The fraction of sp³-hybridized carbons (Fsp3) is 0.593. The molecular weight excluding hydrogens is 446 g/mol. The van der Waals surface area contributed by atoms with Gasteiger partial charge in [-0.3, -0.25) is 9.59 Å². The minimum atomic E-state index is -0.132. The maximum atomic E-state index is 12.7. The highest BCUT2D eigenvalue weighted by Gasteiger charge is 2.24. The Balaban J connectivity index is 1.44. The van der Waals surface area contributed by atoms with Crippen molar-refractivity contribution in [1.82, 2.24) is 15.6 Å². The SMILES string of the molecule is CCCCCC(=O)NC1CCC(NC(=O)c2csc(COc3cc(C)ccc3C(C)C)n2)CC1. The van der Waals surface area contributed by atoms with Gasteiger partial charge in [-0.2, -0.15) is 0 Å². The normalized spacial score (nSPS) is 18.0. The molecule has 34 heavy (non-hydrogen) atoms. The Morgan fingerprint density at radius 1 is 1.12 bits per heavy atom. The zero-order chi connectivity index (χ0) is 24.5. The fourth-order valence-corrected chi connectivity index (χ4v) is 5.03. The van der Waals surface area contributed by atoms with Gasteiger partial charge in [0.05, 0.1) is 0 Å². The Hall–Kier alpha value is -2.41. The van der Waals surface area contributed by atoms with Gasteiger partial charge in [-0.25, -0.2) is 4.98 Å². The van der Waals surface area contributed by atoms with Gasteiger partial charge < -0.3 is 15.4 Å². The lowest BCUT2D eigenvalue weighted by Gasteiger charge is -2.29. The zero-order valence-corrected chi connectivity index (χ0v) is 21.8. The van der Waals surface area contributed by atoms with E-state index in [2.05, 4.69) is 61.5 Å². The van der Waals surface area contributed by atoms with E-state index < -0.39 is 0 Å².